The molecule has 0 bridgehead atoms. The first kappa shape index (κ1) is 20.6. The van der Waals surface area contributed by atoms with Crippen molar-refractivity contribution in [1.29, 1.82) is 0 Å². The number of aromatic nitrogens is 1. The highest BCUT2D eigenvalue weighted by Crippen LogP contribution is 2.41. The Morgan fingerprint density at radius 1 is 1.20 bits per heavy atom. The predicted molar refractivity (Wildman–Crippen MR) is 108 cm³/mol. The average molecular weight is 416 g/mol. The molecule has 9 heteroatoms. The number of ketones is 2. The van der Waals surface area contributed by atoms with Crippen LogP contribution in [-0.2, 0) is 22.6 Å². The Bertz CT molecular complexity index is 942. The van der Waals surface area contributed by atoms with Gasteiger partial charge in [0.1, 0.15) is 18.4 Å². The van der Waals surface area contributed by atoms with Gasteiger partial charge in [-0.1, -0.05) is 19.3 Å². The number of hydrogen-bond donors (Lipinski definition) is 3. The van der Waals surface area contributed by atoms with Gasteiger partial charge in [0.05, 0.1) is 23.0 Å². The molecular formula is C21H28N4O5. The molecule has 0 unspecified atom stereocenters. The molecule has 1 aromatic rings. The summed E-state index contributed by atoms with van der Waals surface area (Å²) >= 11 is 0. The highest BCUT2D eigenvalue weighted by Gasteiger charge is 2.44. The Labute approximate surface area is 174 Å². The standard InChI is InChI=1S/C21H28N4O5/c1-10-15(24-11-6-4-3-5-7-11)19(27)14-12(9-30-21(23)28)16-20(29-2)13(22)8-25(16)17(14)18(10)26/h11,13,20,24H,3-9,22H2,1-2H3,(H2,23,28)/t13-,20+/m0/s1. The summed E-state index contributed by atoms with van der Waals surface area (Å²) in [7, 11) is 1.52. The van der Waals surface area contributed by atoms with Crippen molar-refractivity contribution in [3.63, 3.8) is 0 Å². The normalized spacial score (nSPS) is 24.1. The molecule has 1 aliphatic heterocycles. The maximum Gasteiger partial charge on any atom is 0.404 e. The number of primary amides is 1. The van der Waals surface area contributed by atoms with Crippen LogP contribution in [0.1, 0.15) is 77.2 Å². The summed E-state index contributed by atoms with van der Waals surface area (Å²) in [6.07, 6.45) is 3.85. The molecule has 30 heavy (non-hydrogen) atoms. The number of carbonyl (C=O) groups excluding carboxylic acids is 3. The molecule has 0 aromatic carbocycles. The zero-order valence-corrected chi connectivity index (χ0v) is 17.3. The van der Waals surface area contributed by atoms with Gasteiger partial charge in [-0.25, -0.2) is 4.79 Å². The van der Waals surface area contributed by atoms with Crippen LogP contribution in [0.3, 0.4) is 0 Å². The van der Waals surface area contributed by atoms with Crippen LogP contribution >= 0.6 is 0 Å². The number of allylic oxidation sites excluding steroid dienone is 2. The molecule has 0 saturated heterocycles. The lowest BCUT2D eigenvalue weighted by molar-refractivity contribution is 0.0871. The Morgan fingerprint density at radius 3 is 2.53 bits per heavy atom. The van der Waals surface area contributed by atoms with Crippen molar-refractivity contribution in [2.24, 2.45) is 11.5 Å². The van der Waals surface area contributed by atoms with Gasteiger partial charge in [0.2, 0.25) is 11.6 Å². The number of nitrogens with two attached hydrogens (primary N) is 2. The number of hydrogen-bond acceptors (Lipinski definition) is 7. The summed E-state index contributed by atoms with van der Waals surface area (Å²) in [6, 6.07) is -0.210. The molecule has 4 rings (SSSR count). The summed E-state index contributed by atoms with van der Waals surface area (Å²) in [5.74, 6) is -0.487. The monoisotopic (exact) mass is 416 g/mol. The van der Waals surface area contributed by atoms with Crippen LogP contribution in [0.4, 0.5) is 4.79 Å². The first-order chi connectivity index (χ1) is 14.3. The van der Waals surface area contributed by atoms with Crippen molar-refractivity contribution in [2.75, 3.05) is 7.11 Å². The van der Waals surface area contributed by atoms with Gasteiger partial charge in [0.25, 0.3) is 0 Å². The topological polar surface area (TPSA) is 139 Å². The highest BCUT2D eigenvalue weighted by molar-refractivity contribution is 6.26. The smallest absolute Gasteiger partial charge is 0.404 e. The van der Waals surface area contributed by atoms with Gasteiger partial charge in [-0.2, -0.15) is 0 Å². The van der Waals surface area contributed by atoms with Crippen LogP contribution in [0.2, 0.25) is 0 Å². The largest absolute Gasteiger partial charge is 0.445 e. The molecule has 162 valence electrons. The second kappa shape index (κ2) is 7.88. The molecule has 0 spiro atoms. The molecule has 9 nitrogen and oxygen atoms in total. The van der Waals surface area contributed by atoms with Gasteiger partial charge in [-0.05, 0) is 19.8 Å². The quantitative estimate of drug-likeness (QED) is 0.664. The van der Waals surface area contributed by atoms with E-state index in [1.165, 1.54) is 13.5 Å². The lowest BCUT2D eigenvalue weighted by Gasteiger charge is -2.28. The molecule has 1 amide bonds. The van der Waals surface area contributed by atoms with E-state index in [0.717, 1.165) is 25.7 Å². The van der Waals surface area contributed by atoms with Gasteiger partial charge >= 0.3 is 6.09 Å². The van der Waals surface area contributed by atoms with E-state index in [0.29, 0.717) is 34.8 Å². The molecule has 5 N–H and O–H groups in total. The fourth-order valence-corrected chi connectivity index (χ4v) is 4.98. The van der Waals surface area contributed by atoms with Gasteiger partial charge < -0.3 is 30.8 Å². The third-order valence-electron chi connectivity index (χ3n) is 6.41. The van der Waals surface area contributed by atoms with Gasteiger partial charge in [0.15, 0.2) is 0 Å². The number of fused-ring (bicyclic) bond motifs is 3. The molecule has 2 aliphatic carbocycles. The third-order valence-corrected chi connectivity index (χ3v) is 6.41. The first-order valence-corrected chi connectivity index (χ1v) is 10.4. The average Bonchev–Trinajstić information content (AvgIpc) is 3.21. The number of nitrogens with zero attached hydrogens (tertiary/aromatic N) is 1. The van der Waals surface area contributed by atoms with Crippen LogP contribution in [0.25, 0.3) is 0 Å². The summed E-state index contributed by atoms with van der Waals surface area (Å²) in [6.45, 7) is 1.79. The van der Waals surface area contributed by atoms with E-state index in [4.69, 9.17) is 20.9 Å². The van der Waals surface area contributed by atoms with Crippen LogP contribution in [-0.4, -0.2) is 41.4 Å². The molecule has 2 heterocycles. The number of ether oxygens (including phenoxy) is 2. The minimum absolute atomic E-state index is 0.168. The van der Waals surface area contributed by atoms with Crippen molar-refractivity contribution in [3.8, 4) is 0 Å². The molecule has 1 fully saturated rings. The summed E-state index contributed by atoms with van der Waals surface area (Å²) in [5, 5.41) is 3.33. The Morgan fingerprint density at radius 2 is 1.90 bits per heavy atom. The van der Waals surface area contributed by atoms with Crippen molar-refractivity contribution in [1.82, 2.24) is 9.88 Å². The van der Waals surface area contributed by atoms with E-state index in [-0.39, 0.29) is 35.8 Å². The highest BCUT2D eigenvalue weighted by atomic mass is 16.5. The zero-order valence-electron chi connectivity index (χ0n) is 17.3. The van der Waals surface area contributed by atoms with E-state index < -0.39 is 12.2 Å². The second-order valence-corrected chi connectivity index (χ2v) is 8.26. The van der Waals surface area contributed by atoms with E-state index in [1.54, 1.807) is 11.5 Å². The number of Topliss-reactive ketones (excluding diaryl/α,β-unsaturated/α-hetero) is 2. The zero-order chi connectivity index (χ0) is 21.6. The molecule has 2 atom stereocenters. The van der Waals surface area contributed by atoms with E-state index in [2.05, 4.69) is 5.32 Å². The maximum atomic E-state index is 13.6. The van der Waals surface area contributed by atoms with Crippen molar-refractivity contribution in [3.05, 3.63) is 33.8 Å². The Hall–Kier alpha value is -2.65. The van der Waals surface area contributed by atoms with E-state index in [9.17, 15) is 14.4 Å². The summed E-state index contributed by atoms with van der Waals surface area (Å²) in [4.78, 5) is 38.2. The SMILES string of the molecule is CO[C@H]1c2c(COC(N)=O)c3c(n2C[C@@H]1N)C(=O)C(C)=C(NC1CCCCC1)C3=O. The fourth-order valence-electron chi connectivity index (χ4n) is 4.98. The van der Waals surface area contributed by atoms with Gasteiger partial charge in [-0.15, -0.1) is 0 Å². The van der Waals surface area contributed by atoms with Gasteiger partial charge in [-0.3, -0.25) is 9.59 Å². The van der Waals surface area contributed by atoms with Crippen LogP contribution in [0.5, 0.6) is 0 Å². The summed E-state index contributed by atoms with van der Waals surface area (Å²) in [5.41, 5.74) is 13.7. The number of methoxy groups -OCH3 is 1. The van der Waals surface area contributed by atoms with Crippen LogP contribution in [0, 0.1) is 0 Å². The molecule has 1 aromatic heterocycles. The fraction of sp³-hybridized carbons (Fsp3) is 0.571. The van der Waals surface area contributed by atoms with Crippen LogP contribution in [0.15, 0.2) is 11.3 Å². The first-order valence-electron chi connectivity index (χ1n) is 10.4. The number of rotatable bonds is 5. The third kappa shape index (κ3) is 3.22. The molecular weight excluding hydrogens is 388 g/mol. The molecule has 1 saturated carbocycles. The van der Waals surface area contributed by atoms with Crippen molar-refractivity contribution in [2.45, 2.75) is 70.4 Å². The predicted octanol–water partition coefficient (Wildman–Crippen LogP) is 1.69. The molecule has 3 aliphatic rings. The maximum absolute atomic E-state index is 13.6. The number of amides is 1. The van der Waals surface area contributed by atoms with E-state index in [1.807, 2.05) is 0 Å². The Kier molecular flexibility index (Phi) is 5.42. The molecule has 0 radical (unpaired) electrons. The van der Waals surface area contributed by atoms with Gasteiger partial charge in [0, 0.05) is 30.8 Å². The lowest BCUT2D eigenvalue weighted by atomic mass is 9.88. The summed E-state index contributed by atoms with van der Waals surface area (Å²) < 4.78 is 12.3. The second-order valence-electron chi connectivity index (χ2n) is 8.26. The van der Waals surface area contributed by atoms with Crippen molar-refractivity contribution < 1.29 is 23.9 Å². The van der Waals surface area contributed by atoms with E-state index >= 15 is 0 Å². The van der Waals surface area contributed by atoms with Crippen LogP contribution < -0.4 is 16.8 Å². The van der Waals surface area contributed by atoms with Crippen molar-refractivity contribution >= 4 is 17.7 Å². The number of nitrogens with one attached hydrogen (secondary N) is 1. The number of carbonyl (C=O) groups is 3. The minimum atomic E-state index is -0.957. The Balaban J connectivity index is 1.80. The minimum Gasteiger partial charge on any atom is -0.445 e. The lowest BCUT2D eigenvalue weighted by Crippen LogP contribution is -2.38.